The molecule has 2 aliphatic rings. The second-order valence-corrected chi connectivity index (χ2v) is 4.49. The number of rotatable bonds is 2. The van der Waals surface area contributed by atoms with Crippen molar-refractivity contribution in [3.05, 3.63) is 30.3 Å². The number of hydrogen-bond acceptors (Lipinski definition) is 3. The van der Waals surface area contributed by atoms with Gasteiger partial charge in [-0.15, -0.1) is 0 Å². The third-order valence-corrected chi connectivity index (χ3v) is 3.30. The molecule has 3 nitrogen and oxygen atoms in total. The number of hydrogen-bond donors (Lipinski definition) is 0. The Morgan fingerprint density at radius 3 is 2.88 bits per heavy atom. The molecule has 0 bridgehead atoms. The summed E-state index contributed by atoms with van der Waals surface area (Å²) < 4.78 is 5.80. The van der Waals surface area contributed by atoms with Gasteiger partial charge in [-0.1, -0.05) is 24.6 Å². The zero-order valence-corrected chi connectivity index (χ0v) is 9.34. The van der Waals surface area contributed by atoms with E-state index in [0.717, 1.165) is 18.7 Å². The minimum absolute atomic E-state index is 0.0921. The Kier molecular flexibility index (Phi) is 2.80. The highest BCUT2D eigenvalue weighted by Crippen LogP contribution is 2.30. The number of nitrogens with zero attached hydrogens (tertiary/aromatic N) is 1. The third-order valence-electron chi connectivity index (χ3n) is 3.30. The molecule has 1 aromatic rings. The summed E-state index contributed by atoms with van der Waals surface area (Å²) in [6.07, 6.45) is 4.71. The van der Waals surface area contributed by atoms with E-state index in [1.54, 1.807) is 0 Å². The second-order valence-electron chi connectivity index (χ2n) is 4.49. The summed E-state index contributed by atoms with van der Waals surface area (Å²) in [5.41, 5.74) is 0. The summed E-state index contributed by atoms with van der Waals surface area (Å²) in [5, 5.41) is 2.11. The Bertz CT molecular complexity index is 327. The maximum absolute atomic E-state index is 5.80. The van der Waals surface area contributed by atoms with Crippen molar-refractivity contribution < 1.29 is 9.57 Å². The molecule has 2 heterocycles. The van der Waals surface area contributed by atoms with Gasteiger partial charge < -0.3 is 4.74 Å². The molecule has 3 rings (SSSR count). The fraction of sp³-hybridized carbons (Fsp3) is 0.538. The highest BCUT2D eigenvalue weighted by atomic mass is 16.8. The van der Waals surface area contributed by atoms with E-state index in [4.69, 9.17) is 9.57 Å². The SMILES string of the molecule is c1ccc(O[C@@H]2C[C@H]3CCCCN3O2)cc1. The molecule has 2 saturated heterocycles. The van der Waals surface area contributed by atoms with E-state index in [0.29, 0.717) is 6.04 Å². The molecule has 16 heavy (non-hydrogen) atoms. The molecule has 2 fully saturated rings. The molecular formula is C13H17NO2. The van der Waals surface area contributed by atoms with Gasteiger partial charge in [0, 0.05) is 19.0 Å². The largest absolute Gasteiger partial charge is 0.463 e. The van der Waals surface area contributed by atoms with Crippen molar-refractivity contribution in [3.8, 4) is 5.75 Å². The number of hydroxylamine groups is 2. The lowest BCUT2D eigenvalue weighted by Gasteiger charge is -2.26. The van der Waals surface area contributed by atoms with Gasteiger partial charge in [-0.3, -0.25) is 4.84 Å². The molecule has 0 aromatic heterocycles. The van der Waals surface area contributed by atoms with Gasteiger partial charge in [0.2, 0.25) is 6.29 Å². The van der Waals surface area contributed by atoms with Crippen LogP contribution in [-0.4, -0.2) is 23.9 Å². The van der Waals surface area contributed by atoms with Gasteiger partial charge in [0.15, 0.2) is 0 Å². The molecular weight excluding hydrogens is 202 g/mol. The zero-order valence-electron chi connectivity index (χ0n) is 9.34. The van der Waals surface area contributed by atoms with Crippen LogP contribution in [0.15, 0.2) is 30.3 Å². The van der Waals surface area contributed by atoms with Crippen LogP contribution in [0.3, 0.4) is 0 Å². The average Bonchev–Trinajstić information content (AvgIpc) is 2.72. The lowest BCUT2D eigenvalue weighted by Crippen LogP contribution is -2.33. The standard InChI is InChI=1S/C13H17NO2/c1-2-7-12(8-3-1)15-13-10-11-6-4-5-9-14(11)16-13/h1-3,7-8,11,13H,4-6,9-10H2/t11-,13+/m1/s1. The van der Waals surface area contributed by atoms with Crippen LogP contribution in [0.4, 0.5) is 0 Å². The summed E-state index contributed by atoms with van der Waals surface area (Å²) in [4.78, 5) is 5.78. The van der Waals surface area contributed by atoms with Crippen LogP contribution in [0.1, 0.15) is 25.7 Å². The highest BCUT2D eigenvalue weighted by Gasteiger charge is 2.36. The van der Waals surface area contributed by atoms with Crippen molar-refractivity contribution in [2.75, 3.05) is 6.54 Å². The fourth-order valence-electron chi connectivity index (χ4n) is 2.49. The normalized spacial score (nSPS) is 30.0. The van der Waals surface area contributed by atoms with Crippen LogP contribution < -0.4 is 4.74 Å². The molecule has 0 amide bonds. The van der Waals surface area contributed by atoms with Crippen LogP contribution in [0.25, 0.3) is 0 Å². The van der Waals surface area contributed by atoms with Gasteiger partial charge in [-0.05, 0) is 25.0 Å². The molecule has 0 saturated carbocycles. The maximum atomic E-state index is 5.80. The molecule has 1 aromatic carbocycles. The van der Waals surface area contributed by atoms with E-state index in [9.17, 15) is 0 Å². The minimum Gasteiger partial charge on any atom is -0.463 e. The monoisotopic (exact) mass is 219 g/mol. The molecule has 86 valence electrons. The van der Waals surface area contributed by atoms with E-state index in [2.05, 4.69) is 5.06 Å². The first-order valence-corrected chi connectivity index (χ1v) is 6.07. The predicted octanol–water partition coefficient (Wildman–Crippen LogP) is 2.58. The number of piperidine rings is 1. The van der Waals surface area contributed by atoms with Gasteiger partial charge in [0.25, 0.3) is 0 Å². The smallest absolute Gasteiger partial charge is 0.219 e. The molecule has 2 atom stereocenters. The first-order chi connectivity index (χ1) is 7.92. The zero-order chi connectivity index (χ0) is 10.8. The Labute approximate surface area is 95.9 Å². The Hall–Kier alpha value is -1.06. The maximum Gasteiger partial charge on any atom is 0.219 e. The topological polar surface area (TPSA) is 21.7 Å². The van der Waals surface area contributed by atoms with Crippen LogP contribution in [0.5, 0.6) is 5.75 Å². The van der Waals surface area contributed by atoms with Crippen molar-refractivity contribution in [1.82, 2.24) is 5.06 Å². The summed E-state index contributed by atoms with van der Waals surface area (Å²) in [6, 6.07) is 10.5. The lowest BCUT2D eigenvalue weighted by atomic mass is 10.0. The van der Waals surface area contributed by atoms with Gasteiger partial charge in [0.1, 0.15) is 5.75 Å². The van der Waals surface area contributed by atoms with Crippen molar-refractivity contribution >= 4 is 0 Å². The van der Waals surface area contributed by atoms with E-state index in [-0.39, 0.29) is 6.29 Å². The lowest BCUT2D eigenvalue weighted by molar-refractivity contribution is -0.217. The van der Waals surface area contributed by atoms with E-state index < -0.39 is 0 Å². The van der Waals surface area contributed by atoms with Crippen molar-refractivity contribution in [2.24, 2.45) is 0 Å². The first kappa shape index (κ1) is 10.1. The first-order valence-electron chi connectivity index (χ1n) is 6.07. The molecule has 2 aliphatic heterocycles. The van der Waals surface area contributed by atoms with Crippen LogP contribution >= 0.6 is 0 Å². The quantitative estimate of drug-likeness (QED) is 0.763. The van der Waals surface area contributed by atoms with E-state index >= 15 is 0 Å². The van der Waals surface area contributed by atoms with Crippen LogP contribution in [0, 0.1) is 0 Å². The Morgan fingerprint density at radius 1 is 1.19 bits per heavy atom. The molecule has 0 unspecified atom stereocenters. The van der Waals surface area contributed by atoms with Gasteiger partial charge in [0.05, 0.1) is 0 Å². The summed E-state index contributed by atoms with van der Waals surface area (Å²) in [6.45, 7) is 1.05. The van der Waals surface area contributed by atoms with Crippen LogP contribution in [-0.2, 0) is 4.84 Å². The number of fused-ring (bicyclic) bond motifs is 1. The van der Waals surface area contributed by atoms with Gasteiger partial charge >= 0.3 is 0 Å². The number of para-hydroxylation sites is 1. The molecule has 0 radical (unpaired) electrons. The predicted molar refractivity (Wildman–Crippen MR) is 60.9 cm³/mol. The average molecular weight is 219 g/mol. The molecule has 0 spiro atoms. The summed E-state index contributed by atoms with van der Waals surface area (Å²) >= 11 is 0. The molecule has 0 N–H and O–H groups in total. The Balaban J connectivity index is 1.61. The number of benzene rings is 1. The summed E-state index contributed by atoms with van der Waals surface area (Å²) in [5.74, 6) is 0.896. The highest BCUT2D eigenvalue weighted by molar-refractivity contribution is 5.21. The molecule has 3 heteroatoms. The van der Waals surface area contributed by atoms with Gasteiger partial charge in [-0.25, -0.2) is 0 Å². The molecule has 0 aliphatic carbocycles. The van der Waals surface area contributed by atoms with E-state index in [1.165, 1.54) is 19.3 Å². The summed E-state index contributed by atoms with van der Waals surface area (Å²) in [7, 11) is 0. The minimum atomic E-state index is -0.0921. The fourth-order valence-corrected chi connectivity index (χ4v) is 2.49. The van der Waals surface area contributed by atoms with Crippen molar-refractivity contribution in [1.29, 1.82) is 0 Å². The van der Waals surface area contributed by atoms with Gasteiger partial charge in [-0.2, -0.15) is 5.06 Å². The van der Waals surface area contributed by atoms with E-state index in [1.807, 2.05) is 30.3 Å². The Morgan fingerprint density at radius 2 is 2.06 bits per heavy atom. The number of ether oxygens (including phenoxy) is 1. The third kappa shape index (κ3) is 2.06. The van der Waals surface area contributed by atoms with Crippen LogP contribution in [0.2, 0.25) is 0 Å². The van der Waals surface area contributed by atoms with Crippen molar-refractivity contribution in [2.45, 2.75) is 38.0 Å². The second kappa shape index (κ2) is 4.44. The van der Waals surface area contributed by atoms with Crippen molar-refractivity contribution in [3.63, 3.8) is 0 Å².